The first-order chi connectivity index (χ1) is 13.5. The van der Waals surface area contributed by atoms with Crippen LogP contribution in [0, 0.1) is 0 Å². The molecule has 0 unspecified atom stereocenters. The lowest BCUT2D eigenvalue weighted by molar-refractivity contribution is 0.143. The summed E-state index contributed by atoms with van der Waals surface area (Å²) < 4.78 is 10.7. The Hall–Kier alpha value is -2.60. The normalized spacial score (nSPS) is 15.5. The molecule has 0 fully saturated rings. The minimum absolute atomic E-state index is 0.0624. The van der Waals surface area contributed by atoms with Crippen molar-refractivity contribution in [2.75, 3.05) is 33.4 Å². The van der Waals surface area contributed by atoms with Crippen molar-refractivity contribution >= 4 is 6.03 Å². The molecule has 1 N–H and O–H groups in total. The summed E-state index contributed by atoms with van der Waals surface area (Å²) in [6.07, 6.45) is 2.55. The molecule has 6 nitrogen and oxygen atoms in total. The molecule has 6 heteroatoms. The predicted octanol–water partition coefficient (Wildman–Crippen LogP) is 3.15. The van der Waals surface area contributed by atoms with Crippen LogP contribution in [0.25, 0.3) is 0 Å². The molecule has 0 spiro atoms. The fourth-order valence-corrected chi connectivity index (χ4v) is 3.66. The number of amides is 2. The standard InChI is InChI=1S/C22H29N3O3/c1-22(2)16-25(12-10-17-7-4-5-9-19(17)22)21(26)24-15-18-8-6-11-23-20(18)28-14-13-27-3/h4-9,11H,10,12-16H2,1-3H3,(H,24,26). The van der Waals surface area contributed by atoms with Crippen LogP contribution in [0.15, 0.2) is 42.6 Å². The molecule has 1 aliphatic rings. The Bertz CT molecular complexity index is 807. The summed E-state index contributed by atoms with van der Waals surface area (Å²) in [5.41, 5.74) is 3.41. The van der Waals surface area contributed by atoms with Crippen molar-refractivity contribution in [3.63, 3.8) is 0 Å². The summed E-state index contributed by atoms with van der Waals surface area (Å²) in [5, 5.41) is 3.03. The van der Waals surface area contributed by atoms with Gasteiger partial charge in [0.1, 0.15) is 6.61 Å². The number of nitrogens with zero attached hydrogens (tertiary/aromatic N) is 2. The molecular formula is C22H29N3O3. The van der Waals surface area contributed by atoms with Gasteiger partial charge in [-0.1, -0.05) is 44.2 Å². The molecule has 0 saturated carbocycles. The summed E-state index contributed by atoms with van der Waals surface area (Å²) in [4.78, 5) is 19.0. The molecule has 1 aliphatic heterocycles. The van der Waals surface area contributed by atoms with E-state index in [1.165, 1.54) is 11.1 Å². The zero-order valence-corrected chi connectivity index (χ0v) is 16.9. The average molecular weight is 383 g/mol. The molecule has 1 aromatic heterocycles. The summed E-state index contributed by atoms with van der Waals surface area (Å²) >= 11 is 0. The Labute approximate surface area is 166 Å². The number of benzene rings is 1. The van der Waals surface area contributed by atoms with Crippen LogP contribution in [0.2, 0.25) is 0 Å². The van der Waals surface area contributed by atoms with Gasteiger partial charge in [0.25, 0.3) is 0 Å². The molecule has 28 heavy (non-hydrogen) atoms. The van der Waals surface area contributed by atoms with E-state index in [9.17, 15) is 4.79 Å². The molecule has 0 bridgehead atoms. The highest BCUT2D eigenvalue weighted by atomic mass is 16.5. The van der Waals surface area contributed by atoms with E-state index in [-0.39, 0.29) is 11.4 Å². The Balaban J connectivity index is 1.63. The van der Waals surface area contributed by atoms with Crippen LogP contribution in [0.3, 0.4) is 0 Å². The van der Waals surface area contributed by atoms with Crippen LogP contribution in [-0.4, -0.2) is 49.3 Å². The maximum Gasteiger partial charge on any atom is 0.317 e. The number of rotatable bonds is 6. The number of carbonyl (C=O) groups excluding carboxylic acids is 1. The van der Waals surface area contributed by atoms with Gasteiger partial charge in [-0.25, -0.2) is 9.78 Å². The quantitative estimate of drug-likeness (QED) is 0.779. The zero-order chi connectivity index (χ0) is 20.0. The number of fused-ring (bicyclic) bond motifs is 1. The van der Waals surface area contributed by atoms with Crippen LogP contribution >= 0.6 is 0 Å². The smallest absolute Gasteiger partial charge is 0.317 e. The average Bonchev–Trinajstić information content (AvgIpc) is 2.83. The molecule has 2 amide bonds. The molecule has 3 rings (SSSR count). The second kappa shape index (κ2) is 9.06. The van der Waals surface area contributed by atoms with Gasteiger partial charge in [0.05, 0.1) is 6.61 Å². The highest BCUT2D eigenvalue weighted by Gasteiger charge is 2.31. The van der Waals surface area contributed by atoms with Crippen LogP contribution in [0.1, 0.15) is 30.5 Å². The van der Waals surface area contributed by atoms with Gasteiger partial charge in [0, 0.05) is 43.9 Å². The van der Waals surface area contributed by atoms with Crippen molar-refractivity contribution < 1.29 is 14.3 Å². The van der Waals surface area contributed by atoms with Gasteiger partial charge in [-0.15, -0.1) is 0 Å². The molecule has 0 aliphatic carbocycles. The Morgan fingerprint density at radius 1 is 1.21 bits per heavy atom. The number of ether oxygens (including phenoxy) is 2. The Morgan fingerprint density at radius 2 is 2.04 bits per heavy atom. The van der Waals surface area contributed by atoms with Crippen LogP contribution < -0.4 is 10.1 Å². The van der Waals surface area contributed by atoms with Crippen molar-refractivity contribution in [3.05, 3.63) is 59.3 Å². The van der Waals surface area contributed by atoms with Crippen molar-refractivity contribution in [2.45, 2.75) is 32.2 Å². The van der Waals surface area contributed by atoms with E-state index >= 15 is 0 Å². The maximum absolute atomic E-state index is 12.9. The van der Waals surface area contributed by atoms with Crippen molar-refractivity contribution in [1.29, 1.82) is 0 Å². The Kier molecular flexibility index (Phi) is 6.52. The van der Waals surface area contributed by atoms with Crippen LogP contribution in [0.4, 0.5) is 4.79 Å². The number of carbonyl (C=O) groups is 1. The maximum atomic E-state index is 12.9. The zero-order valence-electron chi connectivity index (χ0n) is 16.9. The number of hydrogen-bond donors (Lipinski definition) is 1. The second-order valence-corrected chi connectivity index (χ2v) is 7.68. The number of methoxy groups -OCH3 is 1. The monoisotopic (exact) mass is 383 g/mol. The predicted molar refractivity (Wildman–Crippen MR) is 109 cm³/mol. The molecule has 2 heterocycles. The van der Waals surface area contributed by atoms with E-state index in [2.05, 4.69) is 48.4 Å². The Morgan fingerprint density at radius 3 is 2.86 bits per heavy atom. The molecule has 0 radical (unpaired) electrons. The minimum atomic E-state index is -0.0901. The fraction of sp³-hybridized carbons (Fsp3) is 0.455. The first-order valence-electron chi connectivity index (χ1n) is 9.68. The van der Waals surface area contributed by atoms with E-state index in [4.69, 9.17) is 9.47 Å². The third-order valence-electron chi connectivity index (χ3n) is 5.08. The lowest BCUT2D eigenvalue weighted by Crippen LogP contribution is -2.45. The van der Waals surface area contributed by atoms with E-state index < -0.39 is 0 Å². The van der Waals surface area contributed by atoms with Crippen LogP contribution in [0.5, 0.6) is 5.88 Å². The highest BCUT2D eigenvalue weighted by Crippen LogP contribution is 2.30. The second-order valence-electron chi connectivity index (χ2n) is 7.68. The van der Waals surface area contributed by atoms with Gasteiger partial charge in [0.15, 0.2) is 0 Å². The minimum Gasteiger partial charge on any atom is -0.475 e. The molecule has 1 aromatic carbocycles. The van der Waals surface area contributed by atoms with Gasteiger partial charge in [-0.3, -0.25) is 0 Å². The molecule has 150 valence electrons. The van der Waals surface area contributed by atoms with Crippen molar-refractivity contribution in [1.82, 2.24) is 15.2 Å². The highest BCUT2D eigenvalue weighted by molar-refractivity contribution is 5.74. The summed E-state index contributed by atoms with van der Waals surface area (Å²) in [7, 11) is 1.63. The third kappa shape index (κ3) is 4.81. The SMILES string of the molecule is COCCOc1ncccc1CNC(=O)N1CCc2ccccc2C(C)(C)C1. The molecular weight excluding hydrogens is 354 g/mol. The van der Waals surface area contributed by atoms with Gasteiger partial charge < -0.3 is 19.7 Å². The molecule has 2 aromatic rings. The van der Waals surface area contributed by atoms with Crippen LogP contribution in [-0.2, 0) is 23.1 Å². The number of urea groups is 1. The van der Waals surface area contributed by atoms with Crippen molar-refractivity contribution in [2.24, 2.45) is 0 Å². The number of hydrogen-bond acceptors (Lipinski definition) is 4. The van der Waals surface area contributed by atoms with Gasteiger partial charge >= 0.3 is 6.03 Å². The number of aromatic nitrogens is 1. The topological polar surface area (TPSA) is 63.7 Å². The van der Waals surface area contributed by atoms with Crippen molar-refractivity contribution in [3.8, 4) is 5.88 Å². The fourth-order valence-electron chi connectivity index (χ4n) is 3.66. The van der Waals surface area contributed by atoms with Gasteiger partial charge in [-0.2, -0.15) is 0 Å². The molecule has 0 saturated heterocycles. The van der Waals surface area contributed by atoms with Gasteiger partial charge in [-0.05, 0) is 23.6 Å². The van der Waals surface area contributed by atoms with E-state index in [0.29, 0.717) is 38.7 Å². The first-order valence-corrected chi connectivity index (χ1v) is 9.68. The summed E-state index contributed by atoms with van der Waals surface area (Å²) in [6.45, 7) is 7.06. The van der Waals surface area contributed by atoms with E-state index in [0.717, 1.165) is 12.0 Å². The number of nitrogens with one attached hydrogen (secondary N) is 1. The lowest BCUT2D eigenvalue weighted by Gasteiger charge is -2.31. The van der Waals surface area contributed by atoms with E-state index in [1.54, 1.807) is 13.3 Å². The third-order valence-corrected chi connectivity index (χ3v) is 5.08. The first kappa shape index (κ1) is 20.1. The molecule has 0 atom stereocenters. The largest absolute Gasteiger partial charge is 0.475 e. The lowest BCUT2D eigenvalue weighted by atomic mass is 9.82. The summed E-state index contributed by atoms with van der Waals surface area (Å²) in [6, 6.07) is 12.2. The van der Waals surface area contributed by atoms with Gasteiger partial charge in [0.2, 0.25) is 5.88 Å². The number of pyridine rings is 1. The van der Waals surface area contributed by atoms with E-state index in [1.807, 2.05) is 17.0 Å². The summed E-state index contributed by atoms with van der Waals surface area (Å²) in [5.74, 6) is 0.531.